The Labute approximate surface area is 190 Å². The predicted molar refractivity (Wildman–Crippen MR) is 117 cm³/mol. The average Bonchev–Trinajstić information content (AvgIpc) is 2.80. The summed E-state index contributed by atoms with van der Waals surface area (Å²) in [5.74, 6) is 0.00145. The first-order valence-electron chi connectivity index (χ1n) is 10.4. The van der Waals surface area contributed by atoms with E-state index in [1.807, 2.05) is 6.92 Å². The third-order valence-corrected chi connectivity index (χ3v) is 5.16. The highest BCUT2D eigenvalue weighted by molar-refractivity contribution is 5.89. The molecule has 0 saturated carbocycles. The van der Waals surface area contributed by atoms with Gasteiger partial charge in [-0.05, 0) is 36.8 Å². The number of benzene rings is 1. The first-order chi connectivity index (χ1) is 15.8. The SMILES string of the molecule is COC(=O)N1CCN(Cc2ccc(OC(F)F)c(CNC(=O)Nc3ccc(C)nc3)c2)CC1. The number of carbonyl (C=O) groups is 2. The van der Waals surface area contributed by atoms with E-state index >= 15 is 0 Å². The number of methoxy groups -OCH3 is 1. The van der Waals surface area contributed by atoms with Crippen LogP contribution in [-0.4, -0.2) is 66.8 Å². The lowest BCUT2D eigenvalue weighted by molar-refractivity contribution is -0.0504. The number of nitrogens with zero attached hydrogens (tertiary/aromatic N) is 3. The van der Waals surface area contributed by atoms with Crippen molar-refractivity contribution in [1.29, 1.82) is 0 Å². The number of aryl methyl sites for hydroxylation is 1. The lowest BCUT2D eigenvalue weighted by Gasteiger charge is -2.33. The summed E-state index contributed by atoms with van der Waals surface area (Å²) in [7, 11) is 1.35. The summed E-state index contributed by atoms with van der Waals surface area (Å²) in [6, 6.07) is 7.91. The fourth-order valence-corrected chi connectivity index (χ4v) is 3.45. The Morgan fingerprint density at radius 1 is 1.15 bits per heavy atom. The maximum Gasteiger partial charge on any atom is 0.409 e. The van der Waals surface area contributed by atoms with Crippen molar-refractivity contribution in [3.05, 3.63) is 53.3 Å². The number of hydrogen-bond acceptors (Lipinski definition) is 6. The molecule has 1 aliphatic rings. The smallest absolute Gasteiger partial charge is 0.409 e. The Hall–Kier alpha value is -3.47. The summed E-state index contributed by atoms with van der Waals surface area (Å²) in [6.07, 6.45) is 1.18. The Kier molecular flexibility index (Phi) is 8.36. The van der Waals surface area contributed by atoms with Gasteiger partial charge in [0.15, 0.2) is 0 Å². The number of ether oxygens (including phenoxy) is 2. The molecule has 1 aromatic heterocycles. The van der Waals surface area contributed by atoms with Crippen LogP contribution in [0.1, 0.15) is 16.8 Å². The van der Waals surface area contributed by atoms with Gasteiger partial charge in [0, 0.05) is 50.5 Å². The third kappa shape index (κ3) is 7.28. The number of aromatic nitrogens is 1. The van der Waals surface area contributed by atoms with E-state index in [1.54, 1.807) is 29.2 Å². The largest absolute Gasteiger partial charge is 0.453 e. The maximum atomic E-state index is 12.8. The number of hydrogen-bond donors (Lipinski definition) is 2. The van der Waals surface area contributed by atoms with E-state index in [0.717, 1.165) is 11.3 Å². The van der Waals surface area contributed by atoms with E-state index in [9.17, 15) is 18.4 Å². The molecule has 1 fully saturated rings. The molecule has 11 heteroatoms. The molecule has 2 heterocycles. The Bertz CT molecular complexity index is 950. The Balaban J connectivity index is 1.61. The molecule has 0 aliphatic carbocycles. The second-order valence-electron chi connectivity index (χ2n) is 7.55. The first kappa shape index (κ1) is 24.2. The summed E-state index contributed by atoms with van der Waals surface area (Å²) >= 11 is 0. The molecule has 178 valence electrons. The number of nitrogens with one attached hydrogen (secondary N) is 2. The molecule has 0 radical (unpaired) electrons. The van der Waals surface area contributed by atoms with E-state index in [4.69, 9.17) is 4.74 Å². The second kappa shape index (κ2) is 11.4. The predicted octanol–water partition coefficient (Wildman–Crippen LogP) is 3.20. The van der Waals surface area contributed by atoms with Gasteiger partial charge in [-0.2, -0.15) is 8.78 Å². The molecule has 0 bridgehead atoms. The number of amides is 3. The van der Waals surface area contributed by atoms with Crippen LogP contribution in [0.4, 0.5) is 24.1 Å². The van der Waals surface area contributed by atoms with E-state index in [2.05, 4.69) is 25.3 Å². The minimum Gasteiger partial charge on any atom is -0.453 e. The van der Waals surface area contributed by atoms with Crippen molar-refractivity contribution in [2.75, 3.05) is 38.6 Å². The van der Waals surface area contributed by atoms with E-state index in [0.29, 0.717) is 44.0 Å². The fourth-order valence-electron chi connectivity index (χ4n) is 3.45. The van der Waals surface area contributed by atoms with Gasteiger partial charge in [0.2, 0.25) is 0 Å². The van der Waals surface area contributed by atoms with Gasteiger partial charge in [0.05, 0.1) is 19.0 Å². The number of pyridine rings is 1. The highest BCUT2D eigenvalue weighted by Crippen LogP contribution is 2.23. The number of urea groups is 1. The standard InChI is InChI=1S/C22H27F2N5O4/c1-15-3-5-18(13-25-15)27-21(30)26-12-17-11-16(4-6-19(17)33-20(23)24)14-28-7-9-29(10-8-28)22(31)32-2/h3-6,11,13,20H,7-10,12,14H2,1-2H3,(H2,26,27,30). The van der Waals surface area contributed by atoms with Crippen LogP contribution in [0.2, 0.25) is 0 Å². The number of piperazine rings is 1. The molecule has 1 aromatic carbocycles. The number of carbonyl (C=O) groups excluding carboxylic acids is 2. The van der Waals surface area contributed by atoms with Crippen molar-refractivity contribution in [3.63, 3.8) is 0 Å². The lowest BCUT2D eigenvalue weighted by Crippen LogP contribution is -2.48. The second-order valence-corrected chi connectivity index (χ2v) is 7.55. The average molecular weight is 463 g/mol. The van der Waals surface area contributed by atoms with Crippen molar-refractivity contribution in [3.8, 4) is 5.75 Å². The van der Waals surface area contributed by atoms with Crippen LogP contribution in [0.15, 0.2) is 36.5 Å². The maximum absolute atomic E-state index is 12.8. The third-order valence-electron chi connectivity index (χ3n) is 5.16. The summed E-state index contributed by atoms with van der Waals surface area (Å²) in [5, 5.41) is 5.30. The quantitative estimate of drug-likeness (QED) is 0.655. The topological polar surface area (TPSA) is 96.0 Å². The number of rotatable bonds is 7. The molecule has 2 N–H and O–H groups in total. The van der Waals surface area contributed by atoms with Crippen LogP contribution in [0.25, 0.3) is 0 Å². The van der Waals surface area contributed by atoms with Crippen molar-refractivity contribution in [2.45, 2.75) is 26.6 Å². The fraction of sp³-hybridized carbons (Fsp3) is 0.409. The van der Waals surface area contributed by atoms with Gasteiger partial charge in [0.1, 0.15) is 5.75 Å². The van der Waals surface area contributed by atoms with Gasteiger partial charge < -0.3 is 25.0 Å². The lowest BCUT2D eigenvalue weighted by atomic mass is 10.1. The van der Waals surface area contributed by atoms with Gasteiger partial charge in [-0.1, -0.05) is 6.07 Å². The zero-order valence-electron chi connectivity index (χ0n) is 18.5. The van der Waals surface area contributed by atoms with Gasteiger partial charge >= 0.3 is 18.7 Å². The number of halogens is 2. The van der Waals surface area contributed by atoms with Gasteiger partial charge in [-0.3, -0.25) is 9.88 Å². The van der Waals surface area contributed by atoms with Gasteiger partial charge in [0.25, 0.3) is 0 Å². The van der Waals surface area contributed by atoms with Crippen LogP contribution in [0.3, 0.4) is 0 Å². The van der Waals surface area contributed by atoms with Crippen LogP contribution in [-0.2, 0) is 17.8 Å². The molecule has 0 atom stereocenters. The molecule has 2 aromatic rings. The summed E-state index contributed by atoms with van der Waals surface area (Å²) in [5.41, 5.74) is 2.64. The van der Waals surface area contributed by atoms with E-state index < -0.39 is 12.6 Å². The molecule has 0 spiro atoms. The minimum atomic E-state index is -2.98. The molecular weight excluding hydrogens is 436 g/mol. The zero-order valence-corrected chi connectivity index (χ0v) is 18.5. The Morgan fingerprint density at radius 3 is 2.55 bits per heavy atom. The summed E-state index contributed by atoms with van der Waals surface area (Å²) < 4.78 is 35.1. The molecular formula is C22H27F2N5O4. The van der Waals surface area contributed by atoms with Crippen molar-refractivity contribution in [2.24, 2.45) is 0 Å². The molecule has 3 rings (SSSR count). The molecule has 1 saturated heterocycles. The number of anilines is 1. The van der Waals surface area contributed by atoms with Crippen LogP contribution >= 0.6 is 0 Å². The van der Waals surface area contributed by atoms with Crippen LogP contribution < -0.4 is 15.4 Å². The molecule has 9 nitrogen and oxygen atoms in total. The van der Waals surface area contributed by atoms with Crippen molar-refractivity contribution < 1.29 is 27.8 Å². The summed E-state index contributed by atoms with van der Waals surface area (Å²) in [6.45, 7) is 1.82. The first-order valence-corrected chi connectivity index (χ1v) is 10.4. The highest BCUT2D eigenvalue weighted by atomic mass is 19.3. The number of alkyl halides is 2. The zero-order chi connectivity index (χ0) is 23.8. The normalized spacial score (nSPS) is 14.2. The van der Waals surface area contributed by atoms with Crippen molar-refractivity contribution in [1.82, 2.24) is 20.1 Å². The van der Waals surface area contributed by atoms with Gasteiger partial charge in [-0.25, -0.2) is 9.59 Å². The minimum absolute atomic E-state index is 0.00145. The van der Waals surface area contributed by atoms with E-state index in [-0.39, 0.29) is 18.4 Å². The van der Waals surface area contributed by atoms with Gasteiger partial charge in [-0.15, -0.1) is 0 Å². The monoisotopic (exact) mass is 463 g/mol. The highest BCUT2D eigenvalue weighted by Gasteiger charge is 2.22. The molecule has 0 unspecified atom stereocenters. The summed E-state index contributed by atoms with van der Waals surface area (Å²) in [4.78, 5) is 31.7. The van der Waals surface area contributed by atoms with Crippen LogP contribution in [0, 0.1) is 6.92 Å². The molecule has 1 aliphatic heterocycles. The Morgan fingerprint density at radius 2 is 1.91 bits per heavy atom. The van der Waals surface area contributed by atoms with Crippen molar-refractivity contribution >= 4 is 17.8 Å². The molecule has 33 heavy (non-hydrogen) atoms. The van der Waals surface area contributed by atoms with E-state index in [1.165, 1.54) is 19.4 Å². The van der Waals surface area contributed by atoms with Crippen LogP contribution in [0.5, 0.6) is 5.75 Å². The molecule has 3 amide bonds.